The van der Waals surface area contributed by atoms with Crippen LogP contribution in [0.25, 0.3) is 21.3 Å². The number of thiophene rings is 1. The molecule has 32 heavy (non-hydrogen) atoms. The van der Waals surface area contributed by atoms with Gasteiger partial charge in [-0.3, -0.25) is 19.3 Å². The summed E-state index contributed by atoms with van der Waals surface area (Å²) in [7, 11) is 0. The van der Waals surface area contributed by atoms with Gasteiger partial charge in [-0.1, -0.05) is 47.7 Å². The minimum Gasteiger partial charge on any atom is -0.322 e. The van der Waals surface area contributed by atoms with Crippen molar-refractivity contribution in [1.82, 2.24) is 19.7 Å². The number of hydrogen-bond acceptors (Lipinski definition) is 6. The molecule has 3 aromatic heterocycles. The first kappa shape index (κ1) is 22.0. The van der Waals surface area contributed by atoms with Gasteiger partial charge in [0, 0.05) is 17.5 Å². The monoisotopic (exact) mass is 465 g/mol. The van der Waals surface area contributed by atoms with Gasteiger partial charge in [-0.2, -0.15) is 5.10 Å². The molecule has 0 fully saturated rings. The van der Waals surface area contributed by atoms with E-state index in [-0.39, 0.29) is 17.2 Å². The normalized spacial score (nSPS) is 11.1. The number of aromatic nitrogens is 4. The summed E-state index contributed by atoms with van der Waals surface area (Å²) >= 11 is 2.67. The second-order valence-electron chi connectivity index (χ2n) is 7.44. The van der Waals surface area contributed by atoms with Gasteiger partial charge in [-0.15, -0.1) is 17.9 Å². The zero-order chi connectivity index (χ0) is 22.8. The lowest BCUT2D eigenvalue weighted by Crippen LogP contribution is -2.23. The first-order valence-corrected chi connectivity index (χ1v) is 11.9. The van der Waals surface area contributed by atoms with E-state index in [9.17, 15) is 9.59 Å². The summed E-state index contributed by atoms with van der Waals surface area (Å²) in [6.45, 7) is 9.80. The molecule has 9 heteroatoms. The number of nitrogens with zero attached hydrogens (tertiary/aromatic N) is 3. The molecule has 0 unspecified atom stereocenters. The molecule has 1 amide bonds. The Kier molecular flexibility index (Phi) is 6.29. The predicted octanol–water partition coefficient (Wildman–Crippen LogP) is 4.69. The van der Waals surface area contributed by atoms with Crippen LogP contribution >= 0.6 is 23.1 Å². The second-order valence-corrected chi connectivity index (χ2v) is 9.24. The van der Waals surface area contributed by atoms with Gasteiger partial charge in [0.05, 0.1) is 28.2 Å². The topological polar surface area (TPSA) is 92.7 Å². The van der Waals surface area contributed by atoms with E-state index in [1.165, 1.54) is 23.1 Å². The number of rotatable bonds is 7. The van der Waals surface area contributed by atoms with Crippen LogP contribution in [-0.2, 0) is 11.3 Å². The van der Waals surface area contributed by atoms with Gasteiger partial charge in [-0.25, -0.2) is 4.98 Å². The molecule has 4 rings (SSSR count). The standard InChI is InChI=1S/C23H23N5O2S2/c1-5-10-28-22(30)19-17(16-8-6-13(2)7-9-16)11-31-21(19)25-23(28)32-12-18(29)24-20-14(3)26-27-15(20)4/h5-9,11H,1,10,12H2,2-4H3,(H,24,29)(H,26,27). The number of amides is 1. The molecule has 0 aliphatic carbocycles. The summed E-state index contributed by atoms with van der Waals surface area (Å²) in [6.07, 6.45) is 1.66. The quantitative estimate of drug-likeness (QED) is 0.235. The van der Waals surface area contributed by atoms with Crippen LogP contribution in [0.5, 0.6) is 0 Å². The molecule has 164 valence electrons. The highest BCUT2D eigenvalue weighted by atomic mass is 32.2. The van der Waals surface area contributed by atoms with Crippen LogP contribution in [0.3, 0.4) is 0 Å². The van der Waals surface area contributed by atoms with Gasteiger partial charge in [0.25, 0.3) is 5.56 Å². The minimum atomic E-state index is -0.186. The highest BCUT2D eigenvalue weighted by Gasteiger charge is 2.18. The number of H-pyrrole nitrogens is 1. The van der Waals surface area contributed by atoms with Crippen LogP contribution in [0, 0.1) is 20.8 Å². The molecule has 0 bridgehead atoms. The maximum absolute atomic E-state index is 13.4. The number of aromatic amines is 1. The zero-order valence-corrected chi connectivity index (χ0v) is 19.7. The highest BCUT2D eigenvalue weighted by molar-refractivity contribution is 7.99. The van der Waals surface area contributed by atoms with E-state index in [0.29, 0.717) is 27.6 Å². The number of carbonyl (C=O) groups is 1. The molecule has 3 heterocycles. The number of aryl methyl sites for hydroxylation is 3. The zero-order valence-electron chi connectivity index (χ0n) is 18.1. The van der Waals surface area contributed by atoms with Crippen molar-refractivity contribution in [2.24, 2.45) is 0 Å². The van der Waals surface area contributed by atoms with Gasteiger partial charge in [0.2, 0.25) is 5.91 Å². The lowest BCUT2D eigenvalue weighted by molar-refractivity contribution is -0.113. The summed E-state index contributed by atoms with van der Waals surface area (Å²) in [5, 5.41) is 12.9. The van der Waals surface area contributed by atoms with Crippen molar-refractivity contribution in [2.75, 3.05) is 11.1 Å². The Morgan fingerprint density at radius 2 is 2.03 bits per heavy atom. The number of thioether (sulfide) groups is 1. The molecule has 2 N–H and O–H groups in total. The first-order chi connectivity index (χ1) is 15.4. The molecule has 4 aromatic rings. The summed E-state index contributed by atoms with van der Waals surface area (Å²) < 4.78 is 1.58. The Morgan fingerprint density at radius 3 is 2.69 bits per heavy atom. The lowest BCUT2D eigenvalue weighted by atomic mass is 10.1. The summed E-state index contributed by atoms with van der Waals surface area (Å²) in [5.41, 5.74) is 5.10. The van der Waals surface area contributed by atoms with Crippen LogP contribution in [0.2, 0.25) is 0 Å². The maximum atomic E-state index is 13.4. The summed E-state index contributed by atoms with van der Waals surface area (Å²) in [5.74, 6) is -0.0661. The van der Waals surface area contributed by atoms with Crippen molar-refractivity contribution >= 4 is 44.9 Å². The van der Waals surface area contributed by atoms with Crippen LogP contribution in [0.15, 0.2) is 52.3 Å². The van der Waals surface area contributed by atoms with E-state index in [1.807, 2.05) is 50.4 Å². The van der Waals surface area contributed by atoms with Crippen molar-refractivity contribution in [3.8, 4) is 11.1 Å². The van der Waals surface area contributed by atoms with Gasteiger partial charge in [0.1, 0.15) is 4.83 Å². The molecule has 0 spiro atoms. The van der Waals surface area contributed by atoms with E-state index in [1.54, 1.807) is 10.6 Å². The Hall–Kier alpha value is -3.17. The molecular formula is C23H23N5O2S2. The van der Waals surface area contributed by atoms with Crippen molar-refractivity contribution in [2.45, 2.75) is 32.5 Å². The van der Waals surface area contributed by atoms with Gasteiger partial charge >= 0.3 is 0 Å². The Bertz CT molecular complexity index is 1350. The Labute approximate surface area is 193 Å². The number of benzene rings is 1. The minimum absolute atomic E-state index is 0.120. The maximum Gasteiger partial charge on any atom is 0.263 e. The highest BCUT2D eigenvalue weighted by Crippen LogP contribution is 2.32. The molecule has 0 saturated carbocycles. The van der Waals surface area contributed by atoms with E-state index >= 15 is 0 Å². The molecule has 7 nitrogen and oxygen atoms in total. The third-order valence-corrected chi connectivity index (χ3v) is 6.91. The SMILES string of the molecule is C=CCn1c(SCC(=O)Nc2c(C)n[nH]c2C)nc2scc(-c3ccc(C)cc3)c2c1=O. The number of anilines is 1. The summed E-state index contributed by atoms with van der Waals surface area (Å²) in [6, 6.07) is 8.09. The molecule has 0 aliphatic rings. The van der Waals surface area contributed by atoms with Crippen LogP contribution in [-0.4, -0.2) is 31.4 Å². The lowest BCUT2D eigenvalue weighted by Gasteiger charge is -2.11. The molecule has 1 aromatic carbocycles. The van der Waals surface area contributed by atoms with Crippen LogP contribution < -0.4 is 10.9 Å². The van der Waals surface area contributed by atoms with Crippen molar-refractivity contribution in [1.29, 1.82) is 0 Å². The fourth-order valence-electron chi connectivity index (χ4n) is 3.39. The molecule has 0 radical (unpaired) electrons. The average molecular weight is 466 g/mol. The van der Waals surface area contributed by atoms with E-state index in [2.05, 4.69) is 22.1 Å². The van der Waals surface area contributed by atoms with E-state index in [4.69, 9.17) is 4.98 Å². The van der Waals surface area contributed by atoms with Crippen molar-refractivity contribution in [3.63, 3.8) is 0 Å². The largest absolute Gasteiger partial charge is 0.322 e. The fourth-order valence-corrected chi connectivity index (χ4v) is 5.19. The molecule has 0 atom stereocenters. The van der Waals surface area contributed by atoms with E-state index in [0.717, 1.165) is 28.1 Å². The number of allylic oxidation sites excluding steroid dienone is 1. The number of nitrogens with one attached hydrogen (secondary N) is 2. The van der Waals surface area contributed by atoms with Gasteiger partial charge in [-0.05, 0) is 26.3 Å². The van der Waals surface area contributed by atoms with Crippen molar-refractivity contribution < 1.29 is 4.79 Å². The number of carbonyl (C=O) groups excluding carboxylic acids is 1. The smallest absolute Gasteiger partial charge is 0.263 e. The van der Waals surface area contributed by atoms with Gasteiger partial charge in [0.15, 0.2) is 5.16 Å². The third-order valence-electron chi connectivity index (χ3n) is 5.06. The second kappa shape index (κ2) is 9.13. The van der Waals surface area contributed by atoms with Crippen LogP contribution in [0.1, 0.15) is 17.0 Å². The number of hydrogen-bond donors (Lipinski definition) is 2. The Balaban J connectivity index is 1.65. The molecular weight excluding hydrogens is 442 g/mol. The molecule has 0 aliphatic heterocycles. The molecule has 0 saturated heterocycles. The predicted molar refractivity (Wildman–Crippen MR) is 132 cm³/mol. The Morgan fingerprint density at radius 1 is 1.28 bits per heavy atom. The number of fused-ring (bicyclic) bond motifs is 1. The van der Waals surface area contributed by atoms with Crippen LogP contribution in [0.4, 0.5) is 5.69 Å². The fraction of sp³-hybridized carbons (Fsp3) is 0.217. The van der Waals surface area contributed by atoms with Gasteiger partial charge < -0.3 is 5.32 Å². The van der Waals surface area contributed by atoms with E-state index < -0.39 is 0 Å². The average Bonchev–Trinajstić information content (AvgIpc) is 3.34. The van der Waals surface area contributed by atoms with Crippen molar-refractivity contribution in [3.05, 3.63) is 69.6 Å². The summed E-state index contributed by atoms with van der Waals surface area (Å²) in [4.78, 5) is 31.3. The first-order valence-electron chi connectivity index (χ1n) is 10.0. The third kappa shape index (κ3) is 4.26.